The first-order chi connectivity index (χ1) is 34.7. The summed E-state index contributed by atoms with van der Waals surface area (Å²) in [4.78, 5) is 6.88. The van der Waals surface area contributed by atoms with E-state index in [-0.39, 0.29) is 0 Å². The molecule has 0 N–H and O–H groups in total. The van der Waals surface area contributed by atoms with E-state index < -0.39 is 0 Å². The van der Waals surface area contributed by atoms with E-state index in [9.17, 15) is 0 Å². The first-order valence-electron chi connectivity index (χ1n) is 23.7. The standard InChI is InChI=1S/C66H47N3O/c1-7-19-53(20-8-1)67(54-21-9-2-10-22-54)59-38-31-48(32-39-59)51-37-44-65-63(45-51)64-47-52(49-33-40-60(41-34-49)68(55-23-11-3-12-24-55)56-25-13-4-14-26-56)46-62(66(64)70-65)50-35-42-61(43-36-50)69(57-27-15-5-16-28-57)58-29-17-6-18-30-58/h1-47H. The van der Waals surface area contributed by atoms with Gasteiger partial charge in [-0.3, -0.25) is 0 Å². The molecule has 0 aliphatic rings. The van der Waals surface area contributed by atoms with E-state index in [1.807, 2.05) is 0 Å². The zero-order chi connectivity index (χ0) is 46.6. The highest BCUT2D eigenvalue weighted by molar-refractivity contribution is 6.12. The van der Waals surface area contributed by atoms with Crippen LogP contribution < -0.4 is 14.7 Å². The van der Waals surface area contributed by atoms with Gasteiger partial charge >= 0.3 is 0 Å². The number of nitrogens with zero attached hydrogens (tertiary/aromatic N) is 3. The Morgan fingerprint density at radius 3 is 0.857 bits per heavy atom. The molecule has 0 aliphatic carbocycles. The molecule has 1 aromatic heterocycles. The maximum Gasteiger partial charge on any atom is 0.143 e. The second-order valence-electron chi connectivity index (χ2n) is 17.4. The Morgan fingerprint density at radius 2 is 0.500 bits per heavy atom. The van der Waals surface area contributed by atoms with Crippen LogP contribution in [0.3, 0.4) is 0 Å². The molecule has 0 saturated heterocycles. The second-order valence-corrected chi connectivity index (χ2v) is 17.4. The van der Waals surface area contributed by atoms with E-state index in [0.29, 0.717) is 0 Å². The number of hydrogen-bond donors (Lipinski definition) is 0. The summed E-state index contributed by atoms with van der Waals surface area (Å²) in [5.41, 5.74) is 18.2. The van der Waals surface area contributed by atoms with Gasteiger partial charge in [0.25, 0.3) is 0 Å². The third-order valence-corrected chi connectivity index (χ3v) is 13.0. The smallest absolute Gasteiger partial charge is 0.143 e. The van der Waals surface area contributed by atoms with Crippen molar-refractivity contribution < 1.29 is 4.42 Å². The summed E-state index contributed by atoms with van der Waals surface area (Å²) in [6.07, 6.45) is 0. The molecule has 12 rings (SSSR count). The Hall–Kier alpha value is -9.38. The van der Waals surface area contributed by atoms with Crippen LogP contribution in [0.2, 0.25) is 0 Å². The Kier molecular flexibility index (Phi) is 11.2. The van der Waals surface area contributed by atoms with Gasteiger partial charge in [0.15, 0.2) is 0 Å². The molecule has 11 aromatic carbocycles. The SMILES string of the molecule is c1ccc(N(c2ccccc2)c2ccc(-c3ccc4oc5c(-c6ccc(N(c7ccccc7)c7ccccc7)cc6)cc(-c6ccc(N(c7ccccc7)c7ccccc7)cc6)cc5c4c3)cc2)cc1. The number of furan rings is 1. The summed E-state index contributed by atoms with van der Waals surface area (Å²) in [5, 5.41) is 2.14. The van der Waals surface area contributed by atoms with Crippen molar-refractivity contribution in [3.05, 3.63) is 285 Å². The summed E-state index contributed by atoms with van der Waals surface area (Å²) in [6.45, 7) is 0. The van der Waals surface area contributed by atoms with Gasteiger partial charge in [-0.05, 0) is 161 Å². The number of hydrogen-bond acceptors (Lipinski definition) is 4. The molecule has 332 valence electrons. The van der Waals surface area contributed by atoms with E-state index in [2.05, 4.69) is 300 Å². The molecule has 0 unspecified atom stereocenters. The van der Waals surface area contributed by atoms with Crippen LogP contribution in [-0.2, 0) is 0 Å². The third-order valence-electron chi connectivity index (χ3n) is 13.0. The maximum atomic E-state index is 6.91. The van der Waals surface area contributed by atoms with Crippen LogP contribution in [0.4, 0.5) is 51.2 Å². The van der Waals surface area contributed by atoms with Crippen LogP contribution in [0.15, 0.2) is 290 Å². The normalized spacial score (nSPS) is 11.1. The van der Waals surface area contributed by atoms with Gasteiger partial charge in [0.05, 0.1) is 0 Å². The molecule has 0 fully saturated rings. The average Bonchev–Trinajstić information content (AvgIpc) is 3.81. The number of benzene rings is 11. The molecular formula is C66H47N3O. The Bertz CT molecular complexity index is 3540. The maximum absolute atomic E-state index is 6.91. The average molecular weight is 898 g/mol. The Balaban J connectivity index is 0.967. The molecule has 0 atom stereocenters. The Labute approximate surface area is 408 Å². The van der Waals surface area contributed by atoms with Gasteiger partial charge in [0.1, 0.15) is 11.2 Å². The zero-order valence-corrected chi connectivity index (χ0v) is 38.4. The van der Waals surface area contributed by atoms with Crippen LogP contribution in [0.5, 0.6) is 0 Å². The van der Waals surface area contributed by atoms with Crippen LogP contribution >= 0.6 is 0 Å². The molecule has 70 heavy (non-hydrogen) atoms. The van der Waals surface area contributed by atoms with Crippen molar-refractivity contribution in [3.63, 3.8) is 0 Å². The van der Waals surface area contributed by atoms with Crippen LogP contribution in [0.1, 0.15) is 0 Å². The lowest BCUT2D eigenvalue weighted by Gasteiger charge is -2.25. The lowest BCUT2D eigenvalue weighted by molar-refractivity contribution is 0.670. The Morgan fingerprint density at radius 1 is 0.214 bits per heavy atom. The number of rotatable bonds is 12. The zero-order valence-electron chi connectivity index (χ0n) is 38.4. The fourth-order valence-electron chi connectivity index (χ4n) is 9.64. The molecule has 0 amide bonds. The van der Waals surface area contributed by atoms with Gasteiger partial charge in [-0.1, -0.05) is 152 Å². The predicted octanol–water partition coefficient (Wildman–Crippen LogP) is 19.0. The summed E-state index contributed by atoms with van der Waals surface area (Å²) < 4.78 is 6.91. The molecule has 12 aromatic rings. The van der Waals surface area contributed by atoms with Gasteiger partial charge in [0, 0.05) is 67.5 Å². The van der Waals surface area contributed by atoms with Gasteiger partial charge in [-0.25, -0.2) is 0 Å². The molecule has 1 heterocycles. The highest BCUT2D eigenvalue weighted by Gasteiger charge is 2.20. The number of anilines is 9. The first-order valence-corrected chi connectivity index (χ1v) is 23.7. The largest absolute Gasteiger partial charge is 0.455 e. The van der Waals surface area contributed by atoms with Gasteiger partial charge in [-0.15, -0.1) is 0 Å². The summed E-state index contributed by atoms with van der Waals surface area (Å²) in [7, 11) is 0. The highest BCUT2D eigenvalue weighted by atomic mass is 16.3. The molecular weight excluding hydrogens is 851 g/mol. The van der Waals surface area contributed by atoms with Crippen molar-refractivity contribution in [2.24, 2.45) is 0 Å². The quantitative estimate of drug-likeness (QED) is 0.122. The topological polar surface area (TPSA) is 22.9 Å². The first kappa shape index (κ1) is 42.0. The summed E-state index contributed by atoms with van der Waals surface area (Å²) >= 11 is 0. The molecule has 0 aliphatic heterocycles. The van der Waals surface area contributed by atoms with E-state index >= 15 is 0 Å². The molecule has 0 bridgehead atoms. The minimum atomic E-state index is 0.848. The fourth-order valence-corrected chi connectivity index (χ4v) is 9.64. The number of para-hydroxylation sites is 6. The van der Waals surface area contributed by atoms with E-state index in [1.54, 1.807) is 0 Å². The van der Waals surface area contributed by atoms with E-state index in [1.165, 1.54) is 0 Å². The molecule has 0 spiro atoms. The van der Waals surface area contributed by atoms with Crippen molar-refractivity contribution in [2.45, 2.75) is 0 Å². The van der Waals surface area contributed by atoms with Gasteiger partial charge in [-0.2, -0.15) is 0 Å². The van der Waals surface area contributed by atoms with E-state index in [4.69, 9.17) is 4.42 Å². The van der Waals surface area contributed by atoms with Gasteiger partial charge < -0.3 is 19.1 Å². The lowest BCUT2D eigenvalue weighted by atomic mass is 9.94. The number of fused-ring (bicyclic) bond motifs is 3. The molecule has 4 heteroatoms. The monoisotopic (exact) mass is 897 g/mol. The fraction of sp³-hybridized carbons (Fsp3) is 0. The highest BCUT2D eigenvalue weighted by Crippen LogP contribution is 2.44. The molecule has 0 saturated carbocycles. The minimum Gasteiger partial charge on any atom is -0.455 e. The molecule has 4 nitrogen and oxygen atoms in total. The van der Waals surface area contributed by atoms with Crippen LogP contribution in [-0.4, -0.2) is 0 Å². The van der Waals surface area contributed by atoms with Crippen LogP contribution in [0, 0.1) is 0 Å². The summed E-state index contributed by atoms with van der Waals surface area (Å²) in [6, 6.07) is 101. The second kappa shape index (κ2) is 18.7. The minimum absolute atomic E-state index is 0.848. The van der Waals surface area contributed by atoms with Gasteiger partial charge in [0.2, 0.25) is 0 Å². The van der Waals surface area contributed by atoms with Crippen molar-refractivity contribution in [2.75, 3.05) is 14.7 Å². The summed E-state index contributed by atoms with van der Waals surface area (Å²) in [5.74, 6) is 0. The van der Waals surface area contributed by atoms with Crippen LogP contribution in [0.25, 0.3) is 55.3 Å². The van der Waals surface area contributed by atoms with Crippen molar-refractivity contribution in [1.29, 1.82) is 0 Å². The van der Waals surface area contributed by atoms with E-state index in [0.717, 1.165) is 107 Å². The predicted molar refractivity (Wildman–Crippen MR) is 294 cm³/mol. The van der Waals surface area contributed by atoms with Crippen molar-refractivity contribution in [3.8, 4) is 33.4 Å². The van der Waals surface area contributed by atoms with Crippen molar-refractivity contribution in [1.82, 2.24) is 0 Å². The third kappa shape index (κ3) is 8.25. The lowest BCUT2D eigenvalue weighted by Crippen LogP contribution is -2.09. The molecule has 0 radical (unpaired) electrons. The van der Waals surface area contributed by atoms with Crippen molar-refractivity contribution >= 4 is 73.1 Å².